The van der Waals surface area contributed by atoms with E-state index >= 15 is 0 Å². The summed E-state index contributed by atoms with van der Waals surface area (Å²) in [6.45, 7) is 0. The van der Waals surface area contributed by atoms with Crippen LogP contribution in [0.5, 0.6) is 5.75 Å². The zero-order chi connectivity index (χ0) is 12.5. The Balaban J connectivity index is 2.30. The van der Waals surface area contributed by atoms with Crippen LogP contribution in [-0.2, 0) is 0 Å². The van der Waals surface area contributed by atoms with Crippen molar-refractivity contribution in [2.75, 3.05) is 0 Å². The fourth-order valence-electron chi connectivity index (χ4n) is 1.28. The SMILES string of the molecule is Fc1cc(OC(F)(F)F)ccc1-n1cccn1. The van der Waals surface area contributed by atoms with E-state index in [0.717, 1.165) is 12.1 Å². The molecule has 0 amide bonds. The topological polar surface area (TPSA) is 27.1 Å². The van der Waals surface area contributed by atoms with Crippen LogP contribution in [0.3, 0.4) is 0 Å². The summed E-state index contributed by atoms with van der Waals surface area (Å²) >= 11 is 0. The zero-order valence-electron chi connectivity index (χ0n) is 8.28. The average molecular weight is 246 g/mol. The van der Waals surface area contributed by atoms with Crippen LogP contribution >= 0.6 is 0 Å². The lowest BCUT2D eigenvalue weighted by Crippen LogP contribution is -2.17. The molecule has 1 aromatic heterocycles. The van der Waals surface area contributed by atoms with Gasteiger partial charge in [0.25, 0.3) is 0 Å². The van der Waals surface area contributed by atoms with Gasteiger partial charge < -0.3 is 4.74 Å². The number of halogens is 4. The maximum absolute atomic E-state index is 13.5. The van der Waals surface area contributed by atoms with Crippen LogP contribution in [0.2, 0.25) is 0 Å². The van der Waals surface area contributed by atoms with Crippen molar-refractivity contribution in [3.05, 3.63) is 42.5 Å². The minimum atomic E-state index is -4.83. The van der Waals surface area contributed by atoms with Crippen LogP contribution in [0.25, 0.3) is 5.69 Å². The molecule has 0 saturated carbocycles. The molecule has 90 valence electrons. The van der Waals surface area contributed by atoms with Gasteiger partial charge in [-0.1, -0.05) is 0 Å². The van der Waals surface area contributed by atoms with Crippen molar-refractivity contribution >= 4 is 0 Å². The molecule has 0 spiro atoms. The van der Waals surface area contributed by atoms with Crippen molar-refractivity contribution in [3.8, 4) is 11.4 Å². The molecule has 0 atom stereocenters. The van der Waals surface area contributed by atoms with E-state index in [4.69, 9.17) is 0 Å². The standard InChI is InChI=1S/C10H6F4N2O/c11-8-6-7(17-10(12,13)14)2-3-9(8)16-5-1-4-15-16/h1-6H. The Morgan fingerprint density at radius 2 is 2.00 bits per heavy atom. The van der Waals surface area contributed by atoms with Gasteiger partial charge in [-0.2, -0.15) is 5.10 Å². The molecular formula is C10H6F4N2O. The van der Waals surface area contributed by atoms with Crippen LogP contribution in [0.4, 0.5) is 17.6 Å². The van der Waals surface area contributed by atoms with E-state index in [-0.39, 0.29) is 5.69 Å². The Hall–Kier alpha value is -2.05. The van der Waals surface area contributed by atoms with E-state index in [1.807, 2.05) is 0 Å². The second kappa shape index (κ2) is 4.08. The van der Waals surface area contributed by atoms with Gasteiger partial charge in [0.15, 0.2) is 5.82 Å². The molecule has 0 aliphatic heterocycles. The van der Waals surface area contributed by atoms with Gasteiger partial charge in [0.1, 0.15) is 11.4 Å². The summed E-state index contributed by atoms with van der Waals surface area (Å²) < 4.78 is 53.9. The first-order valence-corrected chi connectivity index (χ1v) is 4.51. The first kappa shape index (κ1) is 11.4. The molecule has 7 heteroatoms. The van der Waals surface area contributed by atoms with Crippen molar-refractivity contribution in [3.63, 3.8) is 0 Å². The Morgan fingerprint density at radius 3 is 2.53 bits per heavy atom. The Morgan fingerprint density at radius 1 is 1.24 bits per heavy atom. The predicted octanol–water partition coefficient (Wildman–Crippen LogP) is 2.91. The molecule has 0 saturated heterocycles. The highest BCUT2D eigenvalue weighted by atomic mass is 19.4. The highest BCUT2D eigenvalue weighted by molar-refractivity contribution is 5.38. The lowest BCUT2D eigenvalue weighted by Gasteiger charge is -2.10. The molecule has 0 aliphatic carbocycles. The summed E-state index contributed by atoms with van der Waals surface area (Å²) in [5.41, 5.74) is 0.0459. The van der Waals surface area contributed by atoms with Crippen molar-refractivity contribution < 1.29 is 22.3 Å². The second-order valence-electron chi connectivity index (χ2n) is 3.11. The summed E-state index contributed by atoms with van der Waals surface area (Å²) in [6, 6.07) is 4.40. The van der Waals surface area contributed by atoms with Crippen molar-refractivity contribution in [2.24, 2.45) is 0 Å². The third-order valence-corrected chi connectivity index (χ3v) is 1.90. The molecule has 1 aromatic carbocycles. The average Bonchev–Trinajstić information content (AvgIpc) is 2.68. The quantitative estimate of drug-likeness (QED) is 0.762. The number of benzene rings is 1. The van der Waals surface area contributed by atoms with E-state index in [1.165, 1.54) is 17.1 Å². The minimum absolute atomic E-state index is 0.0459. The van der Waals surface area contributed by atoms with Crippen LogP contribution in [0.1, 0.15) is 0 Å². The molecule has 0 radical (unpaired) electrons. The van der Waals surface area contributed by atoms with Crippen LogP contribution in [0.15, 0.2) is 36.7 Å². The largest absolute Gasteiger partial charge is 0.573 e. The number of hydrogen-bond acceptors (Lipinski definition) is 2. The minimum Gasteiger partial charge on any atom is -0.406 e. The maximum atomic E-state index is 13.5. The summed E-state index contributed by atoms with van der Waals surface area (Å²) in [5.74, 6) is -1.46. The molecular weight excluding hydrogens is 240 g/mol. The summed E-state index contributed by atoms with van der Waals surface area (Å²) in [7, 11) is 0. The number of rotatable bonds is 2. The predicted molar refractivity (Wildman–Crippen MR) is 50.2 cm³/mol. The Kier molecular flexibility index (Phi) is 2.74. The van der Waals surface area contributed by atoms with E-state index in [0.29, 0.717) is 6.07 Å². The number of aromatic nitrogens is 2. The molecule has 0 N–H and O–H groups in total. The van der Waals surface area contributed by atoms with Gasteiger partial charge in [-0.3, -0.25) is 0 Å². The van der Waals surface area contributed by atoms with E-state index < -0.39 is 17.9 Å². The van der Waals surface area contributed by atoms with E-state index in [1.54, 1.807) is 6.07 Å². The number of nitrogens with zero attached hydrogens (tertiary/aromatic N) is 2. The molecule has 2 aromatic rings. The van der Waals surface area contributed by atoms with Gasteiger partial charge in [0.05, 0.1) is 0 Å². The van der Waals surface area contributed by atoms with Gasteiger partial charge in [0.2, 0.25) is 0 Å². The molecule has 3 nitrogen and oxygen atoms in total. The smallest absolute Gasteiger partial charge is 0.406 e. The first-order chi connectivity index (χ1) is 7.96. The van der Waals surface area contributed by atoms with Gasteiger partial charge in [-0.25, -0.2) is 9.07 Å². The van der Waals surface area contributed by atoms with Crippen LogP contribution in [0, 0.1) is 5.82 Å². The van der Waals surface area contributed by atoms with E-state index in [9.17, 15) is 17.6 Å². The van der Waals surface area contributed by atoms with Crippen molar-refractivity contribution in [1.29, 1.82) is 0 Å². The van der Waals surface area contributed by atoms with Crippen LogP contribution < -0.4 is 4.74 Å². The maximum Gasteiger partial charge on any atom is 0.573 e. The van der Waals surface area contributed by atoms with Crippen molar-refractivity contribution in [2.45, 2.75) is 6.36 Å². The van der Waals surface area contributed by atoms with Gasteiger partial charge in [-0.15, -0.1) is 13.2 Å². The number of ether oxygens (including phenoxy) is 1. The number of alkyl halides is 3. The third kappa shape index (κ3) is 2.74. The van der Waals surface area contributed by atoms with Gasteiger partial charge in [-0.05, 0) is 18.2 Å². The lowest BCUT2D eigenvalue weighted by molar-refractivity contribution is -0.274. The Bertz CT molecular complexity index is 508. The first-order valence-electron chi connectivity index (χ1n) is 4.51. The second-order valence-corrected chi connectivity index (χ2v) is 3.11. The Labute approximate surface area is 93.2 Å². The normalized spacial score (nSPS) is 11.5. The lowest BCUT2D eigenvalue weighted by atomic mass is 10.3. The van der Waals surface area contributed by atoms with Gasteiger partial charge in [0, 0.05) is 18.5 Å². The van der Waals surface area contributed by atoms with Crippen LogP contribution in [-0.4, -0.2) is 16.1 Å². The molecule has 0 fully saturated rings. The molecule has 1 heterocycles. The molecule has 0 bridgehead atoms. The fourth-order valence-corrected chi connectivity index (χ4v) is 1.28. The molecule has 0 unspecified atom stereocenters. The zero-order valence-corrected chi connectivity index (χ0v) is 8.28. The third-order valence-electron chi connectivity index (χ3n) is 1.90. The number of hydrogen-bond donors (Lipinski definition) is 0. The molecule has 0 aliphatic rings. The summed E-state index contributed by atoms with van der Waals surface area (Å²) in [4.78, 5) is 0. The summed E-state index contributed by atoms with van der Waals surface area (Å²) in [6.07, 6.45) is -1.93. The monoisotopic (exact) mass is 246 g/mol. The molecule has 2 rings (SSSR count). The van der Waals surface area contributed by atoms with Crippen molar-refractivity contribution in [1.82, 2.24) is 9.78 Å². The summed E-state index contributed by atoms with van der Waals surface area (Å²) in [5, 5.41) is 3.77. The molecule has 17 heavy (non-hydrogen) atoms. The fraction of sp³-hybridized carbons (Fsp3) is 0.100. The van der Waals surface area contributed by atoms with Gasteiger partial charge >= 0.3 is 6.36 Å². The highest BCUT2D eigenvalue weighted by Gasteiger charge is 2.31. The van der Waals surface area contributed by atoms with E-state index in [2.05, 4.69) is 9.84 Å². The highest BCUT2D eigenvalue weighted by Crippen LogP contribution is 2.25.